The molecular formula is C27H27N5O4. The minimum absolute atomic E-state index is 0.0285. The summed E-state index contributed by atoms with van der Waals surface area (Å²) in [6, 6.07) is 16.3. The monoisotopic (exact) mass is 485 g/mol. The summed E-state index contributed by atoms with van der Waals surface area (Å²) in [7, 11) is 0. The number of aromatic nitrogens is 2. The second-order valence-corrected chi connectivity index (χ2v) is 9.29. The molecule has 1 atom stereocenters. The van der Waals surface area contributed by atoms with Crippen LogP contribution in [0.25, 0.3) is 0 Å². The number of aliphatic imine (C=N–C) groups is 1. The zero-order valence-corrected chi connectivity index (χ0v) is 20.3. The number of ether oxygens (including phenoxy) is 1. The highest BCUT2D eigenvalue weighted by atomic mass is 16.5. The van der Waals surface area contributed by atoms with Crippen LogP contribution in [0.1, 0.15) is 37.6 Å². The summed E-state index contributed by atoms with van der Waals surface area (Å²) < 4.78 is 5.32. The number of ketones is 1. The minimum atomic E-state index is -1.34. The molecule has 0 spiro atoms. The highest BCUT2D eigenvalue weighted by molar-refractivity contribution is 6.20. The van der Waals surface area contributed by atoms with Crippen LogP contribution in [0.3, 0.4) is 0 Å². The average molecular weight is 486 g/mol. The molecular weight excluding hydrogens is 458 g/mol. The number of anilines is 1. The van der Waals surface area contributed by atoms with E-state index in [4.69, 9.17) is 4.74 Å². The standard InChI is InChI=1S/C27H27N5O4/c1-27(2,3)22(33)16-32-21-12-8-7-11-19(21)23(20-15-28-13-14-29-20)30-24(25(32)34)31-26(35)36-17-18-9-5-4-6-10-18/h4-15,24H,16-17H2,1-3H3,(H,31,35)/t24-/m1/s1. The van der Waals surface area contributed by atoms with Crippen molar-refractivity contribution in [3.8, 4) is 0 Å². The maximum Gasteiger partial charge on any atom is 0.409 e. The van der Waals surface area contributed by atoms with Crippen molar-refractivity contribution in [1.29, 1.82) is 0 Å². The molecule has 1 aliphatic heterocycles. The highest BCUT2D eigenvalue weighted by Gasteiger charge is 2.36. The number of benzodiazepines with no additional fused rings is 1. The van der Waals surface area contributed by atoms with Crippen LogP contribution >= 0.6 is 0 Å². The van der Waals surface area contributed by atoms with Crippen molar-refractivity contribution in [3.05, 3.63) is 90.0 Å². The van der Waals surface area contributed by atoms with Crippen LogP contribution in [-0.4, -0.2) is 46.2 Å². The zero-order valence-electron chi connectivity index (χ0n) is 20.3. The predicted octanol–water partition coefficient (Wildman–Crippen LogP) is 3.53. The summed E-state index contributed by atoms with van der Waals surface area (Å²) >= 11 is 0. The van der Waals surface area contributed by atoms with Gasteiger partial charge in [0.05, 0.1) is 24.1 Å². The Morgan fingerprint density at radius 3 is 2.44 bits per heavy atom. The Morgan fingerprint density at radius 1 is 1.03 bits per heavy atom. The van der Waals surface area contributed by atoms with Crippen molar-refractivity contribution in [2.24, 2.45) is 10.4 Å². The van der Waals surface area contributed by atoms with E-state index < -0.39 is 23.6 Å². The van der Waals surface area contributed by atoms with Crippen molar-refractivity contribution >= 4 is 29.2 Å². The van der Waals surface area contributed by atoms with E-state index in [1.807, 2.05) is 30.3 Å². The fourth-order valence-electron chi connectivity index (χ4n) is 3.57. The maximum atomic E-state index is 13.7. The molecule has 0 unspecified atom stereocenters. The fraction of sp³-hybridized carbons (Fsp3) is 0.259. The molecule has 0 radical (unpaired) electrons. The van der Waals surface area contributed by atoms with Crippen LogP contribution in [0.5, 0.6) is 0 Å². The summed E-state index contributed by atoms with van der Waals surface area (Å²) in [5.74, 6) is -0.699. The number of nitrogens with zero attached hydrogens (tertiary/aromatic N) is 4. The average Bonchev–Trinajstić information content (AvgIpc) is 2.99. The number of alkyl carbamates (subject to hydrolysis) is 1. The molecule has 0 saturated heterocycles. The van der Waals surface area contributed by atoms with Crippen LogP contribution < -0.4 is 10.2 Å². The molecule has 2 amide bonds. The number of benzene rings is 2. The van der Waals surface area contributed by atoms with Crippen LogP contribution in [0.4, 0.5) is 10.5 Å². The van der Waals surface area contributed by atoms with Gasteiger partial charge in [0, 0.05) is 23.4 Å². The van der Waals surface area contributed by atoms with E-state index in [-0.39, 0.29) is 18.9 Å². The second-order valence-electron chi connectivity index (χ2n) is 9.29. The van der Waals surface area contributed by atoms with Gasteiger partial charge in [-0.3, -0.25) is 24.9 Å². The van der Waals surface area contributed by atoms with Gasteiger partial charge in [0.25, 0.3) is 5.91 Å². The molecule has 2 heterocycles. The van der Waals surface area contributed by atoms with E-state index in [2.05, 4.69) is 20.3 Å². The summed E-state index contributed by atoms with van der Waals surface area (Å²) in [5, 5.41) is 2.56. The number of hydrogen-bond acceptors (Lipinski definition) is 7. The first-order chi connectivity index (χ1) is 17.2. The number of rotatable bonds is 6. The third kappa shape index (κ3) is 5.63. The van der Waals surface area contributed by atoms with Crippen LogP contribution in [0.2, 0.25) is 0 Å². The largest absolute Gasteiger partial charge is 0.445 e. The zero-order chi connectivity index (χ0) is 25.7. The third-order valence-corrected chi connectivity index (χ3v) is 5.62. The molecule has 3 aromatic rings. The quantitative estimate of drug-likeness (QED) is 0.571. The molecule has 1 aliphatic rings. The molecule has 0 fully saturated rings. The molecule has 1 N–H and O–H groups in total. The fourth-order valence-corrected chi connectivity index (χ4v) is 3.57. The summed E-state index contributed by atoms with van der Waals surface area (Å²) in [5.41, 5.74) is 2.00. The smallest absolute Gasteiger partial charge is 0.409 e. The van der Waals surface area contributed by atoms with E-state index in [0.29, 0.717) is 22.7 Å². The van der Waals surface area contributed by atoms with Crippen LogP contribution in [0, 0.1) is 5.41 Å². The first kappa shape index (κ1) is 24.7. The first-order valence-corrected chi connectivity index (χ1v) is 11.5. The maximum absolute atomic E-state index is 13.7. The summed E-state index contributed by atoms with van der Waals surface area (Å²) in [6.07, 6.45) is 2.42. The molecule has 4 rings (SSSR count). The Balaban J connectivity index is 1.70. The number of Topliss-reactive ketones (excluding diaryl/α,β-unsaturated/α-hetero) is 1. The lowest BCUT2D eigenvalue weighted by Gasteiger charge is -2.27. The molecule has 1 aromatic heterocycles. The minimum Gasteiger partial charge on any atom is -0.445 e. The number of carbonyl (C=O) groups excluding carboxylic acids is 3. The molecule has 184 valence electrons. The van der Waals surface area contributed by atoms with E-state index >= 15 is 0 Å². The number of nitrogens with one attached hydrogen (secondary N) is 1. The number of para-hydroxylation sites is 1. The number of hydrogen-bond donors (Lipinski definition) is 1. The third-order valence-electron chi connectivity index (χ3n) is 5.62. The van der Waals surface area contributed by atoms with Crippen LogP contribution in [-0.2, 0) is 20.9 Å². The van der Waals surface area contributed by atoms with Gasteiger partial charge >= 0.3 is 6.09 Å². The molecule has 0 aliphatic carbocycles. The lowest BCUT2D eigenvalue weighted by Crippen LogP contribution is -2.50. The Bertz CT molecular complexity index is 1290. The summed E-state index contributed by atoms with van der Waals surface area (Å²) in [6.45, 7) is 5.23. The Morgan fingerprint density at radius 2 is 1.75 bits per heavy atom. The Kier molecular flexibility index (Phi) is 7.19. The van der Waals surface area contributed by atoms with Crippen molar-refractivity contribution in [3.63, 3.8) is 0 Å². The highest BCUT2D eigenvalue weighted by Crippen LogP contribution is 2.29. The van der Waals surface area contributed by atoms with Crippen molar-refractivity contribution in [1.82, 2.24) is 15.3 Å². The summed E-state index contributed by atoms with van der Waals surface area (Å²) in [4.78, 5) is 53.8. The van der Waals surface area contributed by atoms with E-state index in [0.717, 1.165) is 5.56 Å². The molecule has 36 heavy (non-hydrogen) atoms. The van der Waals surface area contributed by atoms with Crippen molar-refractivity contribution in [2.45, 2.75) is 33.5 Å². The van der Waals surface area contributed by atoms with Gasteiger partial charge in [-0.25, -0.2) is 9.79 Å². The van der Waals surface area contributed by atoms with Gasteiger partial charge in [-0.1, -0.05) is 69.3 Å². The van der Waals surface area contributed by atoms with Gasteiger partial charge in [-0.2, -0.15) is 0 Å². The van der Waals surface area contributed by atoms with Gasteiger partial charge < -0.3 is 9.64 Å². The van der Waals surface area contributed by atoms with E-state index in [9.17, 15) is 14.4 Å². The van der Waals surface area contributed by atoms with Gasteiger partial charge in [0.2, 0.25) is 6.17 Å². The number of amides is 2. The SMILES string of the molecule is CC(C)(C)C(=O)CN1C(=O)[C@@H](NC(=O)OCc2ccccc2)N=C(c2cnccn2)c2ccccc21. The Labute approximate surface area is 209 Å². The Hall–Kier alpha value is -4.40. The molecule has 0 bridgehead atoms. The van der Waals surface area contributed by atoms with E-state index in [1.165, 1.54) is 23.5 Å². The van der Waals surface area contributed by atoms with Crippen LogP contribution in [0.15, 0.2) is 78.2 Å². The number of carbonyl (C=O) groups is 3. The predicted molar refractivity (Wildman–Crippen MR) is 134 cm³/mol. The van der Waals surface area contributed by atoms with Gasteiger partial charge in [0.1, 0.15) is 12.3 Å². The van der Waals surface area contributed by atoms with Gasteiger partial charge in [0.15, 0.2) is 5.78 Å². The lowest BCUT2D eigenvalue weighted by molar-refractivity contribution is -0.127. The van der Waals surface area contributed by atoms with Gasteiger partial charge in [-0.15, -0.1) is 0 Å². The van der Waals surface area contributed by atoms with Crippen molar-refractivity contribution < 1.29 is 19.1 Å². The normalized spacial score (nSPS) is 15.4. The van der Waals surface area contributed by atoms with Gasteiger partial charge in [-0.05, 0) is 11.6 Å². The first-order valence-electron chi connectivity index (χ1n) is 11.5. The van der Waals surface area contributed by atoms with E-state index in [1.54, 1.807) is 45.0 Å². The second kappa shape index (κ2) is 10.5. The van der Waals surface area contributed by atoms with Crippen molar-refractivity contribution in [2.75, 3.05) is 11.4 Å². The molecule has 9 nitrogen and oxygen atoms in total. The number of fused-ring (bicyclic) bond motifs is 1. The molecule has 2 aromatic carbocycles. The molecule has 0 saturated carbocycles. The lowest BCUT2D eigenvalue weighted by atomic mass is 9.90. The molecule has 9 heteroatoms. The topological polar surface area (TPSA) is 114 Å².